The Morgan fingerprint density at radius 1 is 1.22 bits per heavy atom. The molecular weight excluding hydrogens is 485 g/mol. The van der Waals surface area contributed by atoms with E-state index in [0.29, 0.717) is 35.1 Å². The van der Waals surface area contributed by atoms with E-state index in [-0.39, 0.29) is 17.5 Å². The zero-order chi connectivity index (χ0) is 26.1. The Kier molecular flexibility index (Phi) is 5.96. The normalized spacial score (nSPS) is 30.2. The van der Waals surface area contributed by atoms with Gasteiger partial charge in [0.1, 0.15) is 5.60 Å². The number of alkyl halides is 3. The first kappa shape index (κ1) is 24.9. The molecule has 0 bridgehead atoms. The van der Waals surface area contributed by atoms with Gasteiger partial charge in [0.05, 0.1) is 12.3 Å². The molecule has 8 nitrogen and oxygen atoms in total. The lowest BCUT2D eigenvalue weighted by Gasteiger charge is -2.55. The van der Waals surface area contributed by atoms with E-state index in [2.05, 4.69) is 45.1 Å². The number of fused-ring (bicyclic) bond motifs is 1. The van der Waals surface area contributed by atoms with Crippen molar-refractivity contribution in [1.29, 1.82) is 0 Å². The predicted octanol–water partition coefficient (Wildman–Crippen LogP) is 3.91. The van der Waals surface area contributed by atoms with E-state index in [0.717, 1.165) is 39.2 Å². The van der Waals surface area contributed by atoms with Gasteiger partial charge in [-0.1, -0.05) is 6.92 Å². The number of hydrogen-bond donors (Lipinski definition) is 1. The number of nitrogens with zero attached hydrogens (tertiary/aromatic N) is 5. The number of likely N-dealkylation sites (N-methyl/N-ethyl adjacent to an activating group) is 1. The first-order chi connectivity index (χ1) is 17.6. The molecule has 4 aliphatic rings. The first-order valence-corrected chi connectivity index (χ1v) is 13.2. The van der Waals surface area contributed by atoms with Crippen LogP contribution in [0.4, 0.5) is 19.0 Å². The van der Waals surface area contributed by atoms with Crippen LogP contribution in [0.25, 0.3) is 11.3 Å². The molecule has 2 saturated heterocycles. The molecule has 2 saturated carbocycles. The van der Waals surface area contributed by atoms with Crippen LogP contribution < -0.4 is 10.5 Å². The molecule has 6 rings (SSSR count). The highest BCUT2D eigenvalue weighted by Crippen LogP contribution is 2.64. The topological polar surface area (TPSA) is 81.7 Å². The molecule has 2 aliphatic carbocycles. The van der Waals surface area contributed by atoms with Crippen molar-refractivity contribution in [3.05, 3.63) is 24.0 Å². The maximum Gasteiger partial charge on any atom is 0.573 e. The van der Waals surface area contributed by atoms with Gasteiger partial charge in [-0.3, -0.25) is 9.58 Å². The van der Waals surface area contributed by atoms with Gasteiger partial charge in [0.15, 0.2) is 11.6 Å². The lowest BCUT2D eigenvalue weighted by molar-refractivity contribution is -0.274. The fraction of sp³-hybridized carbons (Fsp3) is 0.692. The number of anilines is 1. The Morgan fingerprint density at radius 3 is 2.59 bits per heavy atom. The van der Waals surface area contributed by atoms with Gasteiger partial charge in [-0.2, -0.15) is 5.10 Å². The van der Waals surface area contributed by atoms with Crippen LogP contribution in [0.2, 0.25) is 0 Å². The molecule has 2 aromatic heterocycles. The molecule has 0 radical (unpaired) electrons. The maximum absolute atomic E-state index is 12.8. The monoisotopic (exact) mass is 520 g/mol. The lowest BCUT2D eigenvalue weighted by Crippen LogP contribution is -2.71. The summed E-state index contributed by atoms with van der Waals surface area (Å²) in [7, 11) is 2.17. The average molecular weight is 521 g/mol. The third-order valence-electron chi connectivity index (χ3n) is 8.88. The summed E-state index contributed by atoms with van der Waals surface area (Å²) in [6.45, 7) is 9.12. The van der Waals surface area contributed by atoms with Crippen molar-refractivity contribution in [3.8, 4) is 17.0 Å². The molecule has 2 aromatic rings. The predicted molar refractivity (Wildman–Crippen MR) is 132 cm³/mol. The molecule has 2 aliphatic heterocycles. The number of rotatable bonds is 6. The van der Waals surface area contributed by atoms with Gasteiger partial charge in [-0.25, -0.2) is 4.98 Å². The molecule has 11 heteroatoms. The van der Waals surface area contributed by atoms with Crippen molar-refractivity contribution in [3.63, 3.8) is 0 Å². The molecule has 0 amide bonds. The van der Waals surface area contributed by atoms with E-state index in [1.165, 1.54) is 30.8 Å². The van der Waals surface area contributed by atoms with Crippen LogP contribution in [0.5, 0.6) is 5.75 Å². The van der Waals surface area contributed by atoms with Gasteiger partial charge < -0.3 is 20.1 Å². The fourth-order valence-electron chi connectivity index (χ4n) is 6.85. The number of likely N-dealkylation sites (tertiary alicyclic amines) is 1. The number of pyridine rings is 1. The highest BCUT2D eigenvalue weighted by Gasteiger charge is 2.61. The van der Waals surface area contributed by atoms with Crippen molar-refractivity contribution < 1.29 is 22.6 Å². The molecule has 1 spiro atoms. The minimum Gasteiger partial charge on any atom is -0.402 e. The lowest BCUT2D eigenvalue weighted by atomic mass is 9.88. The third kappa shape index (κ3) is 4.59. The number of morpholine rings is 1. The average Bonchev–Trinajstić information content (AvgIpc) is 3.15. The van der Waals surface area contributed by atoms with E-state index >= 15 is 0 Å². The number of halogens is 3. The number of aromatic nitrogens is 3. The largest absolute Gasteiger partial charge is 0.573 e. The van der Waals surface area contributed by atoms with Crippen molar-refractivity contribution in [2.45, 2.75) is 63.1 Å². The van der Waals surface area contributed by atoms with E-state index in [1.807, 2.05) is 6.07 Å². The zero-order valence-electron chi connectivity index (χ0n) is 21.5. The Bertz CT molecular complexity index is 1150. The quantitative estimate of drug-likeness (QED) is 0.619. The van der Waals surface area contributed by atoms with Crippen molar-refractivity contribution >= 4 is 5.82 Å². The Morgan fingerprint density at radius 2 is 1.95 bits per heavy atom. The number of hydrogen-bond acceptors (Lipinski definition) is 7. The molecule has 3 unspecified atom stereocenters. The van der Waals surface area contributed by atoms with Crippen LogP contribution in [0.3, 0.4) is 0 Å². The molecule has 0 aromatic carbocycles. The minimum absolute atomic E-state index is 0.0189. The van der Waals surface area contributed by atoms with Gasteiger partial charge in [0, 0.05) is 61.6 Å². The molecule has 202 valence electrons. The molecule has 37 heavy (non-hydrogen) atoms. The Hall–Kier alpha value is -2.37. The van der Waals surface area contributed by atoms with Gasteiger partial charge in [0.2, 0.25) is 0 Å². The molecule has 2 N–H and O–H groups in total. The van der Waals surface area contributed by atoms with Crippen LogP contribution in [-0.4, -0.2) is 82.4 Å². The summed E-state index contributed by atoms with van der Waals surface area (Å²) in [6, 6.07) is 4.09. The highest BCUT2D eigenvalue weighted by atomic mass is 19.4. The summed E-state index contributed by atoms with van der Waals surface area (Å²) < 4.78 is 50.8. The van der Waals surface area contributed by atoms with E-state index in [4.69, 9.17) is 15.6 Å². The van der Waals surface area contributed by atoms with Crippen molar-refractivity contribution in [1.82, 2.24) is 24.6 Å². The number of nitrogen functional groups attached to an aromatic ring is 1. The summed E-state index contributed by atoms with van der Waals surface area (Å²) in [5.74, 6) is 0.876. The smallest absolute Gasteiger partial charge is 0.402 e. The van der Waals surface area contributed by atoms with Crippen LogP contribution >= 0.6 is 0 Å². The SMILES string of the molecule is CCC(C)n1nc(-c2cnc(N)c(OC(F)(F)F)c2)cc1C1C2CC(N3CC4(CN(C)CCO4)C3)CC21. The minimum atomic E-state index is -4.84. The number of nitrogens with two attached hydrogens (primary N) is 1. The molecule has 4 fully saturated rings. The Labute approximate surface area is 214 Å². The summed E-state index contributed by atoms with van der Waals surface area (Å²) in [5, 5.41) is 4.82. The van der Waals surface area contributed by atoms with Crippen LogP contribution in [0.15, 0.2) is 18.3 Å². The molecule has 4 heterocycles. The van der Waals surface area contributed by atoms with Crippen LogP contribution in [-0.2, 0) is 4.74 Å². The van der Waals surface area contributed by atoms with Crippen LogP contribution in [0.1, 0.15) is 50.8 Å². The summed E-state index contributed by atoms with van der Waals surface area (Å²) >= 11 is 0. The highest BCUT2D eigenvalue weighted by molar-refractivity contribution is 5.64. The van der Waals surface area contributed by atoms with Gasteiger partial charge in [0.25, 0.3) is 0 Å². The van der Waals surface area contributed by atoms with Crippen molar-refractivity contribution in [2.24, 2.45) is 11.8 Å². The maximum atomic E-state index is 12.8. The second kappa shape index (κ2) is 8.84. The summed E-state index contributed by atoms with van der Waals surface area (Å²) in [4.78, 5) is 8.90. The summed E-state index contributed by atoms with van der Waals surface area (Å²) in [5.41, 5.74) is 7.88. The standard InChI is InChI=1S/C26H35F3N6O2/c1-4-15(2)35-21(10-20(32-35)16-7-22(24(30)31-11-16)37-26(27,28)29)23-18-8-17(9-19(18)23)34-13-25(14-34)12-33(3)5-6-36-25/h7,10-11,15,17-19,23H,4-6,8-9,12-14H2,1-3H3,(H2,30,31). The van der Waals surface area contributed by atoms with Gasteiger partial charge in [-0.05, 0) is 57.2 Å². The zero-order valence-corrected chi connectivity index (χ0v) is 21.5. The van der Waals surface area contributed by atoms with Gasteiger partial charge in [-0.15, -0.1) is 13.2 Å². The van der Waals surface area contributed by atoms with E-state index in [1.54, 1.807) is 0 Å². The Balaban J connectivity index is 1.17. The van der Waals surface area contributed by atoms with Crippen molar-refractivity contribution in [2.75, 3.05) is 45.6 Å². The fourth-order valence-corrected chi connectivity index (χ4v) is 6.85. The van der Waals surface area contributed by atoms with Gasteiger partial charge >= 0.3 is 6.36 Å². The molecule has 3 atom stereocenters. The first-order valence-electron chi connectivity index (χ1n) is 13.2. The van der Waals surface area contributed by atoms with E-state index < -0.39 is 12.1 Å². The second-order valence-corrected chi connectivity index (χ2v) is 11.5. The number of ether oxygens (including phenoxy) is 2. The second-order valence-electron chi connectivity index (χ2n) is 11.5. The summed E-state index contributed by atoms with van der Waals surface area (Å²) in [6.07, 6.45) is -0.122. The van der Waals surface area contributed by atoms with E-state index in [9.17, 15) is 13.2 Å². The molecular formula is C26H35F3N6O2. The third-order valence-corrected chi connectivity index (χ3v) is 8.88. The van der Waals surface area contributed by atoms with Crippen LogP contribution in [0, 0.1) is 11.8 Å².